The van der Waals surface area contributed by atoms with E-state index >= 15 is 0 Å². The van der Waals surface area contributed by atoms with Gasteiger partial charge in [0.15, 0.2) is 5.82 Å². The van der Waals surface area contributed by atoms with Crippen molar-refractivity contribution >= 4 is 5.82 Å². The number of hydrogen-bond acceptors (Lipinski definition) is 5. The number of hydrogen-bond donors (Lipinski definition) is 2. The van der Waals surface area contributed by atoms with Crippen LogP contribution in [0.2, 0.25) is 0 Å². The average Bonchev–Trinajstić information content (AvgIpc) is 2.62. The molecule has 0 fully saturated rings. The molecule has 0 aliphatic rings. The predicted octanol–water partition coefficient (Wildman–Crippen LogP) is 1.90. The molecule has 0 unspecified atom stereocenters. The molecule has 102 valence electrons. The number of nitrogens with two attached hydrogens (primary N) is 1. The summed E-state index contributed by atoms with van der Waals surface area (Å²) in [5.41, 5.74) is 6.50. The van der Waals surface area contributed by atoms with E-state index in [2.05, 4.69) is 34.3 Å². The van der Waals surface area contributed by atoms with Crippen LogP contribution in [-0.2, 0) is 7.05 Å². The first-order valence-corrected chi connectivity index (χ1v) is 6.30. The SMILES string of the molecule is Cc1nn(C)c(C)c1-c1nc(NN)cc(C(C)C)n1. The summed E-state index contributed by atoms with van der Waals surface area (Å²) >= 11 is 0. The minimum absolute atomic E-state index is 0.311. The van der Waals surface area contributed by atoms with Crippen LogP contribution in [0.15, 0.2) is 6.07 Å². The highest BCUT2D eigenvalue weighted by molar-refractivity contribution is 5.63. The van der Waals surface area contributed by atoms with E-state index in [0.29, 0.717) is 17.6 Å². The monoisotopic (exact) mass is 260 g/mol. The largest absolute Gasteiger partial charge is 0.308 e. The summed E-state index contributed by atoms with van der Waals surface area (Å²) in [7, 11) is 1.92. The Morgan fingerprint density at radius 3 is 2.42 bits per heavy atom. The Balaban J connectivity index is 2.64. The van der Waals surface area contributed by atoms with Crippen LogP contribution in [0.1, 0.15) is 36.8 Å². The molecule has 6 heteroatoms. The minimum Gasteiger partial charge on any atom is -0.308 e. The van der Waals surface area contributed by atoms with Gasteiger partial charge >= 0.3 is 0 Å². The van der Waals surface area contributed by atoms with Gasteiger partial charge in [0.2, 0.25) is 0 Å². The molecule has 19 heavy (non-hydrogen) atoms. The molecule has 0 aliphatic heterocycles. The van der Waals surface area contributed by atoms with Gasteiger partial charge in [-0.15, -0.1) is 0 Å². The molecule has 0 aliphatic carbocycles. The Morgan fingerprint density at radius 2 is 1.95 bits per heavy atom. The second-order valence-electron chi connectivity index (χ2n) is 4.97. The lowest BCUT2D eigenvalue weighted by molar-refractivity contribution is 0.731. The van der Waals surface area contributed by atoms with Gasteiger partial charge in [-0.05, 0) is 19.8 Å². The first kappa shape index (κ1) is 13.5. The van der Waals surface area contributed by atoms with Crippen molar-refractivity contribution in [3.63, 3.8) is 0 Å². The third kappa shape index (κ3) is 2.44. The summed E-state index contributed by atoms with van der Waals surface area (Å²) < 4.78 is 1.84. The van der Waals surface area contributed by atoms with E-state index in [0.717, 1.165) is 22.6 Å². The fourth-order valence-corrected chi connectivity index (χ4v) is 2.04. The van der Waals surface area contributed by atoms with Gasteiger partial charge in [-0.3, -0.25) is 4.68 Å². The molecule has 0 spiro atoms. The zero-order chi connectivity index (χ0) is 14.2. The molecule has 6 nitrogen and oxygen atoms in total. The normalized spacial score (nSPS) is 11.1. The summed E-state index contributed by atoms with van der Waals surface area (Å²) in [6, 6.07) is 1.87. The maximum Gasteiger partial charge on any atom is 0.165 e. The van der Waals surface area contributed by atoms with Gasteiger partial charge < -0.3 is 5.43 Å². The maximum atomic E-state index is 5.49. The van der Waals surface area contributed by atoms with Gasteiger partial charge in [0.25, 0.3) is 0 Å². The lowest BCUT2D eigenvalue weighted by Gasteiger charge is -2.10. The minimum atomic E-state index is 0.311. The molecular weight excluding hydrogens is 240 g/mol. The van der Waals surface area contributed by atoms with Crippen molar-refractivity contribution in [2.75, 3.05) is 5.43 Å². The Hall–Kier alpha value is -1.95. The zero-order valence-corrected chi connectivity index (χ0v) is 12.0. The van der Waals surface area contributed by atoms with Crippen LogP contribution in [0.25, 0.3) is 11.4 Å². The summed E-state index contributed by atoms with van der Waals surface area (Å²) in [6.45, 7) is 8.16. The molecule has 2 aromatic rings. The van der Waals surface area contributed by atoms with E-state index in [-0.39, 0.29) is 0 Å². The molecule has 3 N–H and O–H groups in total. The number of hydrazine groups is 1. The smallest absolute Gasteiger partial charge is 0.165 e. The highest BCUT2D eigenvalue weighted by Crippen LogP contribution is 2.26. The molecule has 0 aromatic carbocycles. The van der Waals surface area contributed by atoms with Crippen LogP contribution in [-0.4, -0.2) is 19.7 Å². The Kier molecular flexibility index (Phi) is 3.53. The van der Waals surface area contributed by atoms with E-state index in [1.807, 2.05) is 31.6 Å². The molecule has 0 amide bonds. The fourth-order valence-electron chi connectivity index (χ4n) is 2.04. The Labute approximate surface area is 113 Å². The summed E-state index contributed by atoms with van der Waals surface area (Å²) in [4.78, 5) is 9.07. The number of aromatic nitrogens is 4. The molecule has 0 bridgehead atoms. The van der Waals surface area contributed by atoms with Crippen LogP contribution in [0.4, 0.5) is 5.82 Å². The van der Waals surface area contributed by atoms with Gasteiger partial charge in [-0.25, -0.2) is 15.8 Å². The summed E-state index contributed by atoms with van der Waals surface area (Å²) in [5, 5.41) is 4.40. The molecule has 0 saturated carbocycles. The second kappa shape index (κ2) is 4.97. The van der Waals surface area contributed by atoms with Crippen LogP contribution in [0, 0.1) is 13.8 Å². The molecule has 2 heterocycles. The first-order chi connectivity index (χ1) is 8.93. The molecule has 0 saturated heterocycles. The van der Waals surface area contributed by atoms with E-state index in [1.54, 1.807) is 0 Å². The lowest BCUT2D eigenvalue weighted by Crippen LogP contribution is -2.11. The third-order valence-corrected chi connectivity index (χ3v) is 3.22. The highest BCUT2D eigenvalue weighted by atomic mass is 15.3. The predicted molar refractivity (Wildman–Crippen MR) is 75.6 cm³/mol. The highest BCUT2D eigenvalue weighted by Gasteiger charge is 2.16. The number of nitrogens with zero attached hydrogens (tertiary/aromatic N) is 4. The van der Waals surface area contributed by atoms with Crippen LogP contribution >= 0.6 is 0 Å². The Bertz CT molecular complexity index is 599. The number of anilines is 1. The van der Waals surface area contributed by atoms with Crippen LogP contribution in [0.5, 0.6) is 0 Å². The number of nitrogens with one attached hydrogen (secondary N) is 1. The van der Waals surface area contributed by atoms with Crippen molar-refractivity contribution in [3.8, 4) is 11.4 Å². The van der Waals surface area contributed by atoms with Crippen LogP contribution in [0.3, 0.4) is 0 Å². The van der Waals surface area contributed by atoms with Gasteiger partial charge in [0, 0.05) is 24.5 Å². The van der Waals surface area contributed by atoms with Crippen molar-refractivity contribution in [1.82, 2.24) is 19.7 Å². The second-order valence-corrected chi connectivity index (χ2v) is 4.97. The van der Waals surface area contributed by atoms with Crippen molar-refractivity contribution in [1.29, 1.82) is 0 Å². The van der Waals surface area contributed by atoms with Crippen LogP contribution < -0.4 is 11.3 Å². The maximum absolute atomic E-state index is 5.49. The molecule has 0 radical (unpaired) electrons. The Morgan fingerprint density at radius 1 is 1.26 bits per heavy atom. The molecule has 2 rings (SSSR count). The molecule has 0 atom stereocenters. The van der Waals surface area contributed by atoms with Crippen molar-refractivity contribution in [2.24, 2.45) is 12.9 Å². The average molecular weight is 260 g/mol. The molecular formula is C13H20N6. The third-order valence-electron chi connectivity index (χ3n) is 3.22. The van der Waals surface area contributed by atoms with E-state index < -0.39 is 0 Å². The van der Waals surface area contributed by atoms with Gasteiger partial charge in [-0.1, -0.05) is 13.8 Å². The quantitative estimate of drug-likeness (QED) is 0.650. The lowest BCUT2D eigenvalue weighted by atomic mass is 10.1. The van der Waals surface area contributed by atoms with E-state index in [9.17, 15) is 0 Å². The summed E-state index contributed by atoms with van der Waals surface area (Å²) in [5.74, 6) is 7.09. The number of nitrogen functional groups attached to an aromatic ring is 1. The fraction of sp³-hybridized carbons (Fsp3) is 0.462. The van der Waals surface area contributed by atoms with Gasteiger partial charge in [-0.2, -0.15) is 5.10 Å². The first-order valence-electron chi connectivity index (χ1n) is 6.30. The number of rotatable bonds is 3. The zero-order valence-electron chi connectivity index (χ0n) is 12.0. The van der Waals surface area contributed by atoms with E-state index in [4.69, 9.17) is 5.84 Å². The number of aryl methyl sites for hydroxylation is 2. The van der Waals surface area contributed by atoms with Crippen molar-refractivity contribution in [2.45, 2.75) is 33.6 Å². The summed E-state index contributed by atoms with van der Waals surface area (Å²) in [6.07, 6.45) is 0. The van der Waals surface area contributed by atoms with Gasteiger partial charge in [0.05, 0.1) is 11.3 Å². The topological polar surface area (TPSA) is 81.7 Å². The van der Waals surface area contributed by atoms with Crippen molar-refractivity contribution < 1.29 is 0 Å². The van der Waals surface area contributed by atoms with Gasteiger partial charge in [0.1, 0.15) is 5.82 Å². The standard InChI is InChI=1S/C13H20N6/c1-7(2)10-6-11(17-14)16-13(15-10)12-8(3)18-19(5)9(12)4/h6-7H,14H2,1-5H3,(H,15,16,17). The molecule has 2 aromatic heterocycles. The van der Waals surface area contributed by atoms with E-state index in [1.165, 1.54) is 0 Å². The van der Waals surface area contributed by atoms with Crippen molar-refractivity contribution in [3.05, 3.63) is 23.1 Å².